The number of amides is 3. The molecular formula is C34H34ClF3N8O4. The number of H-pyrrole nitrogens is 1. The van der Waals surface area contributed by atoms with Crippen LogP contribution in [0.25, 0.3) is 22.4 Å². The minimum atomic E-state index is -5.02. The maximum absolute atomic E-state index is 13.6. The van der Waals surface area contributed by atoms with Crippen LogP contribution in [-0.4, -0.2) is 95.7 Å². The topological polar surface area (TPSA) is 136 Å². The Bertz CT molecular complexity index is 1840. The van der Waals surface area contributed by atoms with Crippen LogP contribution in [0.4, 0.5) is 24.7 Å². The van der Waals surface area contributed by atoms with Crippen LogP contribution in [0.15, 0.2) is 60.9 Å². The Morgan fingerprint density at radius 2 is 1.80 bits per heavy atom. The minimum Gasteiger partial charge on any atom is -0.405 e. The molecule has 1 unspecified atom stereocenters. The maximum Gasteiger partial charge on any atom is 0.573 e. The smallest absolute Gasteiger partial charge is 0.405 e. The zero-order valence-corrected chi connectivity index (χ0v) is 27.7. The molecule has 1 atom stereocenters. The number of rotatable bonds is 10. The van der Waals surface area contributed by atoms with E-state index in [1.807, 2.05) is 4.90 Å². The van der Waals surface area contributed by atoms with Gasteiger partial charge in [0.05, 0.1) is 34.6 Å². The molecule has 0 aliphatic carbocycles. The van der Waals surface area contributed by atoms with Gasteiger partial charge in [-0.3, -0.25) is 14.4 Å². The minimum absolute atomic E-state index is 0.00420. The Hall–Kier alpha value is -5.15. The first-order valence-corrected chi connectivity index (χ1v) is 16.3. The largest absolute Gasteiger partial charge is 0.573 e. The van der Waals surface area contributed by atoms with Crippen LogP contribution in [0.1, 0.15) is 35.1 Å². The molecule has 0 bridgehead atoms. The number of likely N-dealkylation sites (tertiary alicyclic amines) is 1. The lowest BCUT2D eigenvalue weighted by Gasteiger charge is -2.33. The predicted molar refractivity (Wildman–Crippen MR) is 181 cm³/mol. The zero-order valence-electron chi connectivity index (χ0n) is 27.0. The number of pyridine rings is 1. The summed E-state index contributed by atoms with van der Waals surface area (Å²) in [7, 11) is 1.72. The van der Waals surface area contributed by atoms with Crippen LogP contribution in [0.3, 0.4) is 0 Å². The van der Waals surface area contributed by atoms with Gasteiger partial charge in [0.1, 0.15) is 17.4 Å². The fourth-order valence-corrected chi connectivity index (χ4v) is 6.33. The predicted octanol–water partition coefficient (Wildman–Crippen LogP) is 5.10. The molecule has 262 valence electrons. The van der Waals surface area contributed by atoms with E-state index in [-0.39, 0.29) is 40.3 Å². The number of alkyl halides is 3. The molecule has 2 fully saturated rings. The second-order valence-electron chi connectivity index (χ2n) is 11.9. The monoisotopic (exact) mass is 710 g/mol. The first kappa shape index (κ1) is 34.7. The van der Waals surface area contributed by atoms with Crippen molar-refractivity contribution >= 4 is 41.3 Å². The number of ether oxygens (including phenoxy) is 1. The van der Waals surface area contributed by atoms with Gasteiger partial charge in [-0.05, 0) is 43.7 Å². The van der Waals surface area contributed by atoms with E-state index in [0.717, 1.165) is 25.3 Å². The van der Waals surface area contributed by atoms with Gasteiger partial charge in [0.15, 0.2) is 0 Å². The van der Waals surface area contributed by atoms with Crippen LogP contribution in [0.5, 0.6) is 5.75 Å². The van der Waals surface area contributed by atoms with Gasteiger partial charge >= 0.3 is 6.36 Å². The van der Waals surface area contributed by atoms with Gasteiger partial charge in [-0.25, -0.2) is 9.97 Å². The number of anilines is 2. The Kier molecular flexibility index (Phi) is 10.2. The maximum atomic E-state index is 13.6. The summed E-state index contributed by atoms with van der Waals surface area (Å²) in [4.78, 5) is 54.3. The van der Waals surface area contributed by atoms with E-state index < -0.39 is 18.0 Å². The summed E-state index contributed by atoms with van der Waals surface area (Å²) in [5.41, 5.74) is 1.86. The number of nitrogens with one attached hydrogen (secondary N) is 3. The summed E-state index contributed by atoms with van der Waals surface area (Å²) in [5, 5.41) is 5.44. The number of carbonyl (C=O) groups is 3. The molecule has 4 heterocycles. The van der Waals surface area contributed by atoms with Crippen molar-refractivity contribution in [3.05, 3.63) is 77.3 Å². The summed E-state index contributed by atoms with van der Waals surface area (Å²) >= 11 is 6.50. The highest BCUT2D eigenvalue weighted by molar-refractivity contribution is 6.34. The third-order valence-corrected chi connectivity index (χ3v) is 8.96. The summed E-state index contributed by atoms with van der Waals surface area (Å²) < 4.78 is 45.0. The van der Waals surface area contributed by atoms with Crippen LogP contribution >= 0.6 is 11.6 Å². The molecule has 0 radical (unpaired) electrons. The van der Waals surface area contributed by atoms with Crippen molar-refractivity contribution in [3.8, 4) is 28.1 Å². The highest BCUT2D eigenvalue weighted by Gasteiger charge is 2.34. The average Bonchev–Trinajstić information content (AvgIpc) is 3.80. The normalized spacial score (nSPS) is 16.4. The molecule has 2 saturated heterocycles. The van der Waals surface area contributed by atoms with Crippen molar-refractivity contribution in [1.29, 1.82) is 0 Å². The van der Waals surface area contributed by atoms with Gasteiger partial charge < -0.3 is 35.1 Å². The number of hydrogen-bond acceptors (Lipinski definition) is 8. The quantitative estimate of drug-likeness (QED) is 0.194. The first-order valence-electron chi connectivity index (χ1n) is 15.9. The van der Waals surface area contributed by atoms with Crippen LogP contribution in [0, 0.1) is 0 Å². The van der Waals surface area contributed by atoms with E-state index in [9.17, 15) is 27.6 Å². The summed E-state index contributed by atoms with van der Waals surface area (Å²) in [6.07, 6.45) is 0.529. The van der Waals surface area contributed by atoms with E-state index in [1.54, 1.807) is 59.4 Å². The second kappa shape index (κ2) is 14.8. The van der Waals surface area contributed by atoms with Crippen molar-refractivity contribution in [3.63, 3.8) is 0 Å². The van der Waals surface area contributed by atoms with Crippen molar-refractivity contribution in [2.45, 2.75) is 25.2 Å². The number of aromatic amines is 1. The number of nitrogens with zero attached hydrogens (tertiary/aromatic N) is 5. The standard InChI is InChI=1S/C34H34ClF3N8O4/c1-39-19-31(48)46-10-2-3-28(46)32-41-18-27(42-32)22-6-4-21(5-7-22)24-15-25(35)26(16-29(24)50-34(36,37)38)43-33(49)23-8-9-30(40-17-23)45-13-11-44(20-47)12-14-45/h4-9,15-18,20,28,39H,2-3,10-14,19H2,1H3,(H,41,42)(H,43,49). The number of imidazole rings is 1. The van der Waals surface area contributed by atoms with E-state index in [1.165, 1.54) is 12.3 Å². The van der Waals surface area contributed by atoms with Gasteiger partial charge in [0, 0.05) is 62.3 Å². The fraction of sp³-hybridized carbons (Fsp3) is 0.324. The molecule has 2 aromatic heterocycles. The number of carbonyl (C=O) groups excluding carboxylic acids is 3. The number of piperazine rings is 1. The molecule has 2 aliphatic rings. The van der Waals surface area contributed by atoms with Gasteiger partial charge in [0.25, 0.3) is 5.91 Å². The van der Waals surface area contributed by atoms with E-state index in [4.69, 9.17) is 16.6 Å². The average molecular weight is 711 g/mol. The molecule has 0 spiro atoms. The Balaban J connectivity index is 1.19. The molecule has 12 nitrogen and oxygen atoms in total. The Morgan fingerprint density at radius 3 is 2.46 bits per heavy atom. The molecule has 3 amide bonds. The van der Waals surface area contributed by atoms with Crippen LogP contribution in [0.2, 0.25) is 5.02 Å². The number of hydrogen-bond donors (Lipinski definition) is 3. The summed E-state index contributed by atoms with van der Waals surface area (Å²) in [6, 6.07) is 12.1. The van der Waals surface area contributed by atoms with Crippen LogP contribution < -0.4 is 20.3 Å². The lowest BCUT2D eigenvalue weighted by molar-refractivity contribution is -0.274. The van der Waals surface area contributed by atoms with E-state index in [2.05, 4.69) is 25.3 Å². The van der Waals surface area contributed by atoms with Gasteiger partial charge in [-0.2, -0.15) is 0 Å². The SMILES string of the molecule is CNCC(=O)N1CCCC1c1nc(-c2ccc(-c3cc(Cl)c(NC(=O)c4ccc(N5CCN(C=O)CC5)nc4)cc3OC(F)(F)F)cc2)c[nH]1. The highest BCUT2D eigenvalue weighted by atomic mass is 35.5. The lowest BCUT2D eigenvalue weighted by atomic mass is 10.0. The molecule has 50 heavy (non-hydrogen) atoms. The number of benzene rings is 2. The van der Waals surface area contributed by atoms with Crippen molar-refractivity contribution in [2.24, 2.45) is 0 Å². The molecule has 2 aliphatic heterocycles. The Labute approximate surface area is 290 Å². The number of aromatic nitrogens is 3. The van der Waals surface area contributed by atoms with Crippen molar-refractivity contribution < 1.29 is 32.3 Å². The number of halogens is 4. The van der Waals surface area contributed by atoms with Crippen LogP contribution in [-0.2, 0) is 9.59 Å². The summed E-state index contributed by atoms with van der Waals surface area (Å²) in [6.45, 7) is 3.18. The molecule has 4 aromatic rings. The Morgan fingerprint density at radius 1 is 1.06 bits per heavy atom. The van der Waals surface area contributed by atoms with Crippen molar-refractivity contribution in [1.82, 2.24) is 30.1 Å². The molecule has 6 rings (SSSR count). The zero-order chi connectivity index (χ0) is 35.4. The van der Waals surface area contributed by atoms with E-state index >= 15 is 0 Å². The number of likely N-dealkylation sites (N-methyl/N-ethyl adjacent to an activating group) is 1. The highest BCUT2D eigenvalue weighted by Crippen LogP contribution is 2.41. The molecule has 0 saturated carbocycles. The lowest BCUT2D eigenvalue weighted by Crippen LogP contribution is -2.46. The first-order chi connectivity index (χ1) is 24.0. The van der Waals surface area contributed by atoms with Crippen molar-refractivity contribution in [2.75, 3.05) is 56.5 Å². The molecular weight excluding hydrogens is 677 g/mol. The fourth-order valence-electron chi connectivity index (χ4n) is 6.12. The summed E-state index contributed by atoms with van der Waals surface area (Å²) in [5.74, 6) is 0.107. The van der Waals surface area contributed by atoms with Gasteiger partial charge in [-0.15, -0.1) is 13.2 Å². The van der Waals surface area contributed by atoms with E-state index in [0.29, 0.717) is 61.2 Å². The molecule has 16 heteroatoms. The van der Waals surface area contributed by atoms with Gasteiger partial charge in [0.2, 0.25) is 12.3 Å². The molecule has 3 N–H and O–H groups in total. The second-order valence-corrected chi connectivity index (χ2v) is 12.3. The third kappa shape index (κ3) is 7.84. The van der Waals surface area contributed by atoms with Gasteiger partial charge in [-0.1, -0.05) is 35.9 Å². The molecule has 2 aromatic carbocycles. The third-order valence-electron chi connectivity index (χ3n) is 8.65.